The van der Waals surface area contributed by atoms with Gasteiger partial charge in [-0.25, -0.2) is 4.99 Å². The highest BCUT2D eigenvalue weighted by molar-refractivity contribution is 14.0. The molecule has 0 radical (unpaired) electrons. The van der Waals surface area contributed by atoms with Crippen LogP contribution in [-0.2, 0) is 4.79 Å². The number of halogens is 1. The topological polar surface area (TPSA) is 113 Å². The first-order valence-electron chi connectivity index (χ1n) is 5.50. The molecule has 0 unspecified atom stereocenters. The molecule has 0 heterocycles. The van der Waals surface area contributed by atoms with Gasteiger partial charge in [-0.1, -0.05) is 6.07 Å². The molecule has 0 spiro atoms. The monoisotopic (exact) mass is 389 g/mol. The number of aliphatic imine (C=N–C) groups is 1. The number of nitriles is 1. The summed E-state index contributed by atoms with van der Waals surface area (Å²) in [7, 11) is 1.57. The summed E-state index contributed by atoms with van der Waals surface area (Å²) in [6.07, 6.45) is 0. The van der Waals surface area contributed by atoms with E-state index in [1.165, 1.54) is 0 Å². The minimum Gasteiger partial charge on any atom is -0.497 e. The molecule has 8 heteroatoms. The average Bonchev–Trinajstić information content (AvgIpc) is 2.43. The molecule has 0 aliphatic carbocycles. The minimum absolute atomic E-state index is 0. The van der Waals surface area contributed by atoms with Crippen LogP contribution in [0.15, 0.2) is 29.3 Å². The Labute approximate surface area is 134 Å². The maximum atomic E-state index is 11.2. The maximum Gasteiger partial charge on any atom is 0.242 e. The molecule has 0 aliphatic rings. The van der Waals surface area contributed by atoms with Gasteiger partial charge in [-0.2, -0.15) is 5.26 Å². The summed E-state index contributed by atoms with van der Waals surface area (Å²) in [6.45, 7) is -0.179. The molecule has 0 aromatic heterocycles. The van der Waals surface area contributed by atoms with Crippen LogP contribution in [0.2, 0.25) is 0 Å². The van der Waals surface area contributed by atoms with Crippen molar-refractivity contribution in [2.24, 2.45) is 10.7 Å². The van der Waals surface area contributed by atoms with Crippen LogP contribution in [0.5, 0.6) is 5.75 Å². The summed E-state index contributed by atoms with van der Waals surface area (Å²) in [5.74, 6) is 0.432. The Kier molecular flexibility index (Phi) is 8.86. The zero-order chi connectivity index (χ0) is 14.1. The van der Waals surface area contributed by atoms with Crippen molar-refractivity contribution in [1.29, 1.82) is 5.26 Å². The first-order valence-corrected chi connectivity index (χ1v) is 5.50. The number of nitrogens with two attached hydrogens (primary N) is 1. The van der Waals surface area contributed by atoms with Gasteiger partial charge < -0.3 is 21.1 Å². The Morgan fingerprint density at radius 1 is 1.55 bits per heavy atom. The second-order valence-electron chi connectivity index (χ2n) is 3.49. The zero-order valence-corrected chi connectivity index (χ0v) is 13.3. The number of guanidine groups is 1. The molecule has 108 valence electrons. The number of methoxy groups -OCH3 is 1. The largest absolute Gasteiger partial charge is 0.497 e. The van der Waals surface area contributed by atoms with E-state index in [-0.39, 0.29) is 48.9 Å². The van der Waals surface area contributed by atoms with Crippen molar-refractivity contribution in [2.75, 3.05) is 25.5 Å². The Balaban J connectivity index is 0.00000361. The van der Waals surface area contributed by atoms with Crippen molar-refractivity contribution >= 4 is 41.5 Å². The number of hydrogen-bond donors (Lipinski definition) is 3. The standard InChI is InChI=1S/C12H15N5O2.HI/c1-19-10-4-2-3-9(7-10)17-12(14)16-8-11(18)15-6-5-13;/h2-4,7H,6,8H2,1H3,(H,15,18)(H3,14,16,17);1H. The van der Waals surface area contributed by atoms with E-state index in [2.05, 4.69) is 15.6 Å². The molecule has 1 amide bonds. The fourth-order valence-electron chi connectivity index (χ4n) is 1.24. The lowest BCUT2D eigenvalue weighted by Gasteiger charge is -2.07. The van der Waals surface area contributed by atoms with Crippen molar-refractivity contribution in [3.63, 3.8) is 0 Å². The molecular weight excluding hydrogens is 373 g/mol. The van der Waals surface area contributed by atoms with E-state index < -0.39 is 0 Å². The molecule has 4 N–H and O–H groups in total. The van der Waals surface area contributed by atoms with Gasteiger partial charge in [0.1, 0.15) is 18.8 Å². The van der Waals surface area contributed by atoms with E-state index in [4.69, 9.17) is 15.7 Å². The van der Waals surface area contributed by atoms with Gasteiger partial charge in [0.25, 0.3) is 0 Å². The number of nitrogens with zero attached hydrogens (tertiary/aromatic N) is 2. The fourth-order valence-corrected chi connectivity index (χ4v) is 1.24. The highest BCUT2D eigenvalue weighted by atomic mass is 127. The van der Waals surface area contributed by atoms with E-state index in [0.717, 1.165) is 0 Å². The number of carbonyl (C=O) groups excluding carboxylic acids is 1. The third-order valence-electron chi connectivity index (χ3n) is 2.10. The van der Waals surface area contributed by atoms with E-state index in [1.807, 2.05) is 0 Å². The van der Waals surface area contributed by atoms with Crippen LogP contribution in [0, 0.1) is 11.3 Å². The van der Waals surface area contributed by atoms with Gasteiger partial charge in [0.2, 0.25) is 5.91 Å². The van der Waals surface area contributed by atoms with Crippen molar-refractivity contribution < 1.29 is 9.53 Å². The quantitative estimate of drug-likeness (QED) is 0.297. The molecule has 0 aliphatic heterocycles. The third-order valence-corrected chi connectivity index (χ3v) is 2.10. The van der Waals surface area contributed by atoms with E-state index in [1.54, 1.807) is 37.4 Å². The highest BCUT2D eigenvalue weighted by Gasteiger charge is 2.00. The Morgan fingerprint density at radius 3 is 2.95 bits per heavy atom. The van der Waals surface area contributed by atoms with Gasteiger partial charge in [-0.15, -0.1) is 24.0 Å². The Bertz CT molecular complexity index is 513. The van der Waals surface area contributed by atoms with Crippen LogP contribution < -0.4 is 21.1 Å². The summed E-state index contributed by atoms with van der Waals surface area (Å²) in [5, 5.41) is 13.5. The molecule has 0 saturated heterocycles. The predicted octanol–water partition coefficient (Wildman–Crippen LogP) is 0.680. The van der Waals surface area contributed by atoms with Crippen LogP contribution in [0.4, 0.5) is 5.69 Å². The Morgan fingerprint density at radius 2 is 2.30 bits per heavy atom. The number of ether oxygens (including phenoxy) is 1. The normalized spacial score (nSPS) is 9.90. The molecule has 0 atom stereocenters. The first-order chi connectivity index (χ1) is 9.15. The van der Waals surface area contributed by atoms with Crippen LogP contribution in [0.1, 0.15) is 0 Å². The van der Waals surface area contributed by atoms with Gasteiger partial charge in [0, 0.05) is 11.8 Å². The average molecular weight is 389 g/mol. The lowest BCUT2D eigenvalue weighted by molar-refractivity contribution is -0.119. The number of anilines is 1. The number of carbonyl (C=O) groups is 1. The van der Waals surface area contributed by atoms with Crippen LogP contribution in [-0.4, -0.2) is 32.1 Å². The van der Waals surface area contributed by atoms with Crippen LogP contribution in [0.3, 0.4) is 0 Å². The second-order valence-corrected chi connectivity index (χ2v) is 3.49. The summed E-state index contributed by atoms with van der Waals surface area (Å²) in [4.78, 5) is 15.0. The van der Waals surface area contributed by atoms with Crippen LogP contribution in [0.25, 0.3) is 0 Å². The smallest absolute Gasteiger partial charge is 0.242 e. The molecule has 1 rings (SSSR count). The molecule has 0 saturated carbocycles. The summed E-state index contributed by atoms with van der Waals surface area (Å²) >= 11 is 0. The van der Waals surface area contributed by atoms with E-state index in [9.17, 15) is 4.79 Å². The predicted molar refractivity (Wildman–Crippen MR) is 87.1 cm³/mol. The molecule has 1 aromatic rings. The van der Waals surface area contributed by atoms with Gasteiger partial charge >= 0.3 is 0 Å². The van der Waals surface area contributed by atoms with Crippen molar-refractivity contribution in [1.82, 2.24) is 5.32 Å². The maximum absolute atomic E-state index is 11.2. The third kappa shape index (κ3) is 6.79. The SMILES string of the molecule is COc1cccc(NC(N)=NCC(=O)NCC#N)c1.I. The molecule has 20 heavy (non-hydrogen) atoms. The van der Waals surface area contributed by atoms with Gasteiger partial charge in [-0.05, 0) is 12.1 Å². The van der Waals surface area contributed by atoms with E-state index >= 15 is 0 Å². The lowest BCUT2D eigenvalue weighted by atomic mass is 10.3. The van der Waals surface area contributed by atoms with Crippen molar-refractivity contribution in [2.45, 2.75) is 0 Å². The zero-order valence-electron chi connectivity index (χ0n) is 10.9. The summed E-state index contributed by atoms with van der Waals surface area (Å²) in [5.41, 5.74) is 6.33. The summed E-state index contributed by atoms with van der Waals surface area (Å²) < 4.78 is 5.06. The van der Waals surface area contributed by atoms with Crippen LogP contribution >= 0.6 is 24.0 Å². The van der Waals surface area contributed by atoms with Crippen molar-refractivity contribution in [3.05, 3.63) is 24.3 Å². The first kappa shape index (κ1) is 18.0. The summed E-state index contributed by atoms with van der Waals surface area (Å²) in [6, 6.07) is 8.94. The number of amides is 1. The number of rotatable bonds is 5. The van der Waals surface area contributed by atoms with Gasteiger partial charge in [0.05, 0.1) is 13.2 Å². The van der Waals surface area contributed by atoms with Crippen molar-refractivity contribution in [3.8, 4) is 11.8 Å². The minimum atomic E-state index is -0.364. The number of benzene rings is 1. The van der Waals surface area contributed by atoms with E-state index in [0.29, 0.717) is 11.4 Å². The number of hydrogen-bond acceptors (Lipinski definition) is 4. The number of nitrogens with one attached hydrogen (secondary N) is 2. The molecule has 0 bridgehead atoms. The highest BCUT2D eigenvalue weighted by Crippen LogP contribution is 2.16. The van der Waals surface area contributed by atoms with Gasteiger partial charge in [0.15, 0.2) is 5.96 Å². The second kappa shape index (κ2) is 9.85. The molecular formula is C12H16IN5O2. The molecule has 1 aromatic carbocycles. The molecule has 0 fully saturated rings. The lowest BCUT2D eigenvalue weighted by Crippen LogP contribution is -2.29. The Hall–Kier alpha value is -2.02. The van der Waals surface area contributed by atoms with Gasteiger partial charge in [-0.3, -0.25) is 4.79 Å². The molecule has 7 nitrogen and oxygen atoms in total. The fraction of sp³-hybridized carbons (Fsp3) is 0.250.